The molecule has 1 nitrogen and oxygen atoms in total. The molecule has 0 aliphatic carbocycles. The molecule has 1 aliphatic rings. The van der Waals surface area contributed by atoms with Gasteiger partial charge < -0.3 is 5.32 Å². The fraction of sp³-hybridized carbons (Fsp3) is 0.778. The van der Waals surface area contributed by atoms with Crippen molar-refractivity contribution in [2.45, 2.75) is 44.7 Å². The van der Waals surface area contributed by atoms with Crippen LogP contribution < -0.4 is 5.32 Å². The van der Waals surface area contributed by atoms with Crippen molar-refractivity contribution in [3.05, 3.63) is 12.7 Å². The Morgan fingerprint density at radius 3 is 3.00 bits per heavy atom. The Kier molecular flexibility index (Phi) is 2.94. The van der Waals surface area contributed by atoms with Gasteiger partial charge in [0.15, 0.2) is 0 Å². The molecule has 1 saturated heterocycles. The summed E-state index contributed by atoms with van der Waals surface area (Å²) >= 11 is 0. The second-order valence-corrected chi connectivity index (χ2v) is 3.22. The van der Waals surface area contributed by atoms with E-state index < -0.39 is 0 Å². The van der Waals surface area contributed by atoms with Gasteiger partial charge in [0.25, 0.3) is 0 Å². The van der Waals surface area contributed by atoms with Crippen molar-refractivity contribution in [1.29, 1.82) is 0 Å². The third kappa shape index (κ3) is 2.14. The molecule has 1 rings (SSSR count). The zero-order chi connectivity index (χ0) is 7.40. The Balaban J connectivity index is 2.24. The molecule has 1 heteroatoms. The van der Waals surface area contributed by atoms with Gasteiger partial charge in [-0.05, 0) is 26.2 Å². The fourth-order valence-corrected chi connectivity index (χ4v) is 1.63. The van der Waals surface area contributed by atoms with E-state index in [2.05, 4.69) is 18.8 Å². The van der Waals surface area contributed by atoms with Crippen molar-refractivity contribution in [2.24, 2.45) is 0 Å². The molecule has 0 aromatic rings. The van der Waals surface area contributed by atoms with Crippen molar-refractivity contribution in [2.75, 3.05) is 0 Å². The monoisotopic (exact) mass is 139 g/mol. The minimum atomic E-state index is 0.709. The van der Waals surface area contributed by atoms with Crippen molar-refractivity contribution in [1.82, 2.24) is 5.32 Å². The molecule has 1 N–H and O–H groups in total. The van der Waals surface area contributed by atoms with Crippen LogP contribution in [0.1, 0.15) is 32.6 Å². The van der Waals surface area contributed by atoms with E-state index >= 15 is 0 Å². The lowest BCUT2D eigenvalue weighted by Gasteiger charge is -2.27. The zero-order valence-electron chi connectivity index (χ0n) is 6.77. The van der Waals surface area contributed by atoms with Crippen LogP contribution in [-0.2, 0) is 0 Å². The molecule has 0 aromatic heterocycles. The summed E-state index contributed by atoms with van der Waals surface area (Å²) < 4.78 is 0. The van der Waals surface area contributed by atoms with E-state index in [-0.39, 0.29) is 0 Å². The summed E-state index contributed by atoms with van der Waals surface area (Å²) in [5.41, 5.74) is 0. The van der Waals surface area contributed by atoms with Crippen molar-refractivity contribution < 1.29 is 0 Å². The van der Waals surface area contributed by atoms with E-state index in [1.165, 1.54) is 19.3 Å². The van der Waals surface area contributed by atoms with Crippen LogP contribution in [-0.4, -0.2) is 12.1 Å². The average Bonchev–Trinajstić information content (AvgIpc) is 1.88. The second-order valence-electron chi connectivity index (χ2n) is 3.22. The number of rotatable bonds is 2. The highest BCUT2D eigenvalue weighted by molar-refractivity contribution is 4.83. The second kappa shape index (κ2) is 3.77. The van der Waals surface area contributed by atoms with Gasteiger partial charge in [-0.3, -0.25) is 0 Å². The highest BCUT2D eigenvalue weighted by Crippen LogP contribution is 2.14. The van der Waals surface area contributed by atoms with Crippen molar-refractivity contribution >= 4 is 0 Å². The predicted molar refractivity (Wildman–Crippen MR) is 45.1 cm³/mol. The lowest BCUT2D eigenvalue weighted by atomic mass is 9.98. The zero-order valence-corrected chi connectivity index (χ0v) is 6.77. The number of hydrogen-bond acceptors (Lipinski definition) is 1. The fourth-order valence-electron chi connectivity index (χ4n) is 1.63. The molecule has 58 valence electrons. The molecule has 0 bridgehead atoms. The van der Waals surface area contributed by atoms with Gasteiger partial charge in [0.1, 0.15) is 0 Å². The number of hydrogen-bond donors (Lipinski definition) is 1. The summed E-state index contributed by atoms with van der Waals surface area (Å²) in [6.07, 6.45) is 7.19. The first-order valence-electron chi connectivity index (χ1n) is 4.20. The maximum atomic E-state index is 3.74. The van der Waals surface area contributed by atoms with E-state index in [1.54, 1.807) is 0 Å². The standard InChI is InChI=1S/C9H17N/c1-3-5-9-7-4-6-8(2)10-9/h3,8-10H,1,4-7H2,2H3/t8-,9-/m1/s1. The molecule has 0 unspecified atom stereocenters. The molecular formula is C9H17N. The average molecular weight is 139 g/mol. The Hall–Kier alpha value is -0.300. The molecule has 0 spiro atoms. The summed E-state index contributed by atoms with van der Waals surface area (Å²) in [7, 11) is 0. The molecule has 2 atom stereocenters. The Morgan fingerprint density at radius 2 is 2.40 bits per heavy atom. The van der Waals surface area contributed by atoms with Gasteiger partial charge in [0, 0.05) is 12.1 Å². The Morgan fingerprint density at radius 1 is 1.60 bits per heavy atom. The molecule has 0 amide bonds. The maximum absolute atomic E-state index is 3.74. The van der Waals surface area contributed by atoms with Crippen molar-refractivity contribution in [3.63, 3.8) is 0 Å². The van der Waals surface area contributed by atoms with Gasteiger partial charge in [0.05, 0.1) is 0 Å². The van der Waals surface area contributed by atoms with Crippen LogP contribution in [0.3, 0.4) is 0 Å². The van der Waals surface area contributed by atoms with Gasteiger partial charge in [-0.2, -0.15) is 0 Å². The summed E-state index contributed by atoms with van der Waals surface area (Å²) in [5.74, 6) is 0. The highest BCUT2D eigenvalue weighted by Gasteiger charge is 2.15. The molecule has 1 fully saturated rings. The summed E-state index contributed by atoms with van der Waals surface area (Å²) in [6.45, 7) is 6.00. The van der Waals surface area contributed by atoms with E-state index in [0.717, 1.165) is 12.5 Å². The first-order valence-corrected chi connectivity index (χ1v) is 4.20. The first-order chi connectivity index (χ1) is 4.83. The number of piperidine rings is 1. The minimum Gasteiger partial charge on any atom is -0.311 e. The topological polar surface area (TPSA) is 12.0 Å². The van der Waals surface area contributed by atoms with E-state index in [0.29, 0.717) is 6.04 Å². The first kappa shape index (κ1) is 7.80. The largest absolute Gasteiger partial charge is 0.311 e. The summed E-state index contributed by atoms with van der Waals surface area (Å²) in [5, 5.41) is 3.55. The third-order valence-corrected chi connectivity index (χ3v) is 2.16. The van der Waals surface area contributed by atoms with Crippen LogP contribution in [0, 0.1) is 0 Å². The quantitative estimate of drug-likeness (QED) is 0.578. The molecular weight excluding hydrogens is 122 g/mol. The van der Waals surface area contributed by atoms with Gasteiger partial charge in [-0.25, -0.2) is 0 Å². The Bertz CT molecular complexity index is 109. The SMILES string of the molecule is C=CC[C@@H]1CCC[C@@H](C)N1. The lowest BCUT2D eigenvalue weighted by molar-refractivity contribution is 0.337. The van der Waals surface area contributed by atoms with Gasteiger partial charge in [-0.15, -0.1) is 6.58 Å². The van der Waals surface area contributed by atoms with Gasteiger partial charge >= 0.3 is 0 Å². The molecule has 0 aromatic carbocycles. The molecule has 0 radical (unpaired) electrons. The molecule has 1 heterocycles. The van der Waals surface area contributed by atoms with Crippen LogP contribution in [0.15, 0.2) is 12.7 Å². The Labute approximate surface area is 63.5 Å². The molecule has 1 aliphatic heterocycles. The van der Waals surface area contributed by atoms with Crippen LogP contribution in [0.4, 0.5) is 0 Å². The van der Waals surface area contributed by atoms with Crippen LogP contribution >= 0.6 is 0 Å². The van der Waals surface area contributed by atoms with E-state index in [1.807, 2.05) is 6.08 Å². The van der Waals surface area contributed by atoms with Gasteiger partial charge in [-0.1, -0.05) is 12.5 Å². The third-order valence-electron chi connectivity index (χ3n) is 2.16. The number of nitrogens with one attached hydrogen (secondary N) is 1. The predicted octanol–water partition coefficient (Wildman–Crippen LogP) is 2.09. The molecule has 10 heavy (non-hydrogen) atoms. The minimum absolute atomic E-state index is 0.709. The maximum Gasteiger partial charge on any atom is 0.0104 e. The van der Waals surface area contributed by atoms with Crippen LogP contribution in [0.5, 0.6) is 0 Å². The van der Waals surface area contributed by atoms with E-state index in [4.69, 9.17) is 0 Å². The van der Waals surface area contributed by atoms with Gasteiger partial charge in [0.2, 0.25) is 0 Å². The van der Waals surface area contributed by atoms with Crippen molar-refractivity contribution in [3.8, 4) is 0 Å². The summed E-state index contributed by atoms with van der Waals surface area (Å²) in [4.78, 5) is 0. The van der Waals surface area contributed by atoms with Crippen LogP contribution in [0.25, 0.3) is 0 Å². The lowest BCUT2D eigenvalue weighted by Crippen LogP contribution is -2.39. The van der Waals surface area contributed by atoms with Crippen LogP contribution in [0.2, 0.25) is 0 Å². The smallest absolute Gasteiger partial charge is 0.0104 e. The normalized spacial score (nSPS) is 33.7. The summed E-state index contributed by atoms with van der Waals surface area (Å²) in [6, 6.07) is 1.43. The highest BCUT2D eigenvalue weighted by atomic mass is 14.9. The molecule has 0 saturated carbocycles. The van der Waals surface area contributed by atoms with E-state index in [9.17, 15) is 0 Å².